The third kappa shape index (κ3) is 3.07. The van der Waals surface area contributed by atoms with Crippen molar-refractivity contribution in [2.75, 3.05) is 7.11 Å². The van der Waals surface area contributed by atoms with Crippen LogP contribution in [-0.4, -0.2) is 36.3 Å². The largest absolute Gasteiger partial charge is 0.496 e. The van der Waals surface area contributed by atoms with Gasteiger partial charge in [0.2, 0.25) is 6.33 Å². The Hall–Kier alpha value is -2.88. The molecule has 3 aromatic rings. The second-order valence-electron chi connectivity index (χ2n) is 5.09. The number of nitro groups is 1. The van der Waals surface area contributed by atoms with E-state index in [-0.39, 0.29) is 5.82 Å². The van der Waals surface area contributed by atoms with Gasteiger partial charge in [-0.1, -0.05) is 12.1 Å². The number of para-hydroxylation sites is 1. The molecule has 0 amide bonds. The van der Waals surface area contributed by atoms with Gasteiger partial charge in [-0.3, -0.25) is 0 Å². The van der Waals surface area contributed by atoms with Crippen LogP contribution in [-0.2, 0) is 13.6 Å². The second-order valence-corrected chi connectivity index (χ2v) is 6.05. The average Bonchev–Trinajstić information content (AvgIpc) is 3.19. The SMILES string of the molecule is CCn1c(Sc2c([N+](=O)[O-])ncn2C)nnc1-c1ccccc1OC. The summed E-state index contributed by atoms with van der Waals surface area (Å²) in [5, 5.41) is 20.6. The molecule has 0 radical (unpaired) electrons. The minimum atomic E-state index is -0.504. The summed E-state index contributed by atoms with van der Waals surface area (Å²) in [6.45, 7) is 2.57. The molecule has 0 unspecified atom stereocenters. The van der Waals surface area contributed by atoms with Crippen molar-refractivity contribution in [3.8, 4) is 17.1 Å². The van der Waals surface area contributed by atoms with Crippen molar-refractivity contribution in [2.45, 2.75) is 23.7 Å². The Morgan fingerprint density at radius 3 is 2.76 bits per heavy atom. The average molecular weight is 360 g/mol. The fourth-order valence-electron chi connectivity index (χ4n) is 2.41. The molecule has 130 valence electrons. The predicted molar refractivity (Wildman–Crippen MR) is 91.7 cm³/mol. The molecular formula is C15H16N6O3S. The van der Waals surface area contributed by atoms with Crippen molar-refractivity contribution in [3.05, 3.63) is 40.7 Å². The number of ether oxygens (including phenoxy) is 1. The zero-order valence-electron chi connectivity index (χ0n) is 13.9. The molecule has 0 saturated heterocycles. The lowest BCUT2D eigenvalue weighted by atomic mass is 10.2. The van der Waals surface area contributed by atoms with Crippen molar-refractivity contribution in [1.29, 1.82) is 0 Å². The van der Waals surface area contributed by atoms with Crippen LogP contribution in [0.4, 0.5) is 5.82 Å². The third-order valence-corrected chi connectivity index (χ3v) is 4.76. The first-order valence-corrected chi connectivity index (χ1v) is 8.28. The van der Waals surface area contributed by atoms with Crippen LogP contribution in [0.15, 0.2) is 40.8 Å². The van der Waals surface area contributed by atoms with Gasteiger partial charge < -0.3 is 24.0 Å². The fourth-order valence-corrected chi connectivity index (χ4v) is 3.40. The quantitative estimate of drug-likeness (QED) is 0.492. The second kappa shape index (κ2) is 6.93. The molecule has 0 N–H and O–H groups in total. The van der Waals surface area contributed by atoms with E-state index in [0.29, 0.717) is 28.3 Å². The molecule has 0 atom stereocenters. The maximum atomic E-state index is 11.1. The van der Waals surface area contributed by atoms with E-state index < -0.39 is 4.92 Å². The first-order chi connectivity index (χ1) is 12.1. The lowest BCUT2D eigenvalue weighted by molar-refractivity contribution is -0.392. The van der Waals surface area contributed by atoms with Crippen molar-refractivity contribution in [2.24, 2.45) is 7.05 Å². The number of benzene rings is 1. The third-order valence-electron chi connectivity index (χ3n) is 3.61. The number of hydrogen-bond donors (Lipinski definition) is 0. The Kier molecular flexibility index (Phi) is 4.70. The van der Waals surface area contributed by atoms with Crippen molar-refractivity contribution in [3.63, 3.8) is 0 Å². The summed E-state index contributed by atoms with van der Waals surface area (Å²) in [7, 11) is 3.30. The molecule has 0 bridgehead atoms. The zero-order valence-corrected chi connectivity index (χ0v) is 14.7. The van der Waals surface area contributed by atoms with Crippen LogP contribution >= 0.6 is 11.8 Å². The Balaban J connectivity index is 2.05. The Morgan fingerprint density at radius 1 is 1.32 bits per heavy atom. The molecule has 10 heteroatoms. The van der Waals surface area contributed by atoms with Gasteiger partial charge in [-0.15, -0.1) is 10.2 Å². The molecular weight excluding hydrogens is 344 g/mol. The number of rotatable bonds is 6. The molecule has 0 saturated carbocycles. The predicted octanol–water partition coefficient (Wildman–Crippen LogP) is 2.77. The highest BCUT2D eigenvalue weighted by Crippen LogP contribution is 2.36. The summed E-state index contributed by atoms with van der Waals surface area (Å²) < 4.78 is 8.88. The summed E-state index contributed by atoms with van der Waals surface area (Å²) in [5.41, 5.74) is 0.811. The molecule has 0 fully saturated rings. The normalized spacial score (nSPS) is 10.8. The van der Waals surface area contributed by atoms with Crippen molar-refractivity contribution < 1.29 is 9.66 Å². The first kappa shape index (κ1) is 17.0. The van der Waals surface area contributed by atoms with Gasteiger partial charge in [0.15, 0.2) is 16.0 Å². The van der Waals surface area contributed by atoms with Gasteiger partial charge >= 0.3 is 5.82 Å². The van der Waals surface area contributed by atoms with Crippen LogP contribution in [0.5, 0.6) is 5.75 Å². The molecule has 2 heterocycles. The Bertz CT molecular complexity index is 920. The van der Waals surface area contributed by atoms with Gasteiger partial charge in [0.05, 0.1) is 12.7 Å². The van der Waals surface area contributed by atoms with Crippen LogP contribution in [0.3, 0.4) is 0 Å². The molecule has 3 rings (SSSR count). The highest BCUT2D eigenvalue weighted by atomic mass is 32.2. The standard InChI is InChI=1S/C15H16N6O3S/c1-4-20-12(10-7-5-6-8-11(10)24-3)17-18-15(20)25-14-13(21(22)23)16-9-19(14)2/h5-9H,4H2,1-3H3. The van der Waals surface area contributed by atoms with E-state index in [9.17, 15) is 10.1 Å². The highest BCUT2D eigenvalue weighted by molar-refractivity contribution is 7.99. The minimum absolute atomic E-state index is 0.197. The number of imidazole rings is 1. The van der Waals surface area contributed by atoms with Crippen LogP contribution in [0.2, 0.25) is 0 Å². The van der Waals surface area contributed by atoms with E-state index in [1.54, 1.807) is 18.7 Å². The molecule has 0 aliphatic carbocycles. The van der Waals surface area contributed by atoms with Gasteiger partial charge in [0.1, 0.15) is 5.75 Å². The van der Waals surface area contributed by atoms with Gasteiger partial charge in [-0.25, -0.2) is 0 Å². The molecule has 2 aromatic heterocycles. The van der Waals surface area contributed by atoms with Crippen molar-refractivity contribution in [1.82, 2.24) is 24.3 Å². The monoisotopic (exact) mass is 360 g/mol. The summed E-state index contributed by atoms with van der Waals surface area (Å²) in [6, 6.07) is 7.52. The highest BCUT2D eigenvalue weighted by Gasteiger charge is 2.25. The van der Waals surface area contributed by atoms with Crippen LogP contribution < -0.4 is 4.74 Å². The van der Waals surface area contributed by atoms with Crippen LogP contribution in [0.1, 0.15) is 6.92 Å². The fraction of sp³-hybridized carbons (Fsp3) is 0.267. The Labute approximate surface area is 147 Å². The van der Waals surface area contributed by atoms with Gasteiger partial charge in [0.25, 0.3) is 0 Å². The molecule has 9 nitrogen and oxygen atoms in total. The summed E-state index contributed by atoms with van der Waals surface area (Å²) in [6.07, 6.45) is 1.41. The van der Waals surface area contributed by atoms with E-state index in [2.05, 4.69) is 15.2 Å². The van der Waals surface area contributed by atoms with E-state index >= 15 is 0 Å². The van der Waals surface area contributed by atoms with E-state index in [1.165, 1.54) is 6.33 Å². The number of hydrogen-bond acceptors (Lipinski definition) is 7. The molecule has 0 spiro atoms. The Morgan fingerprint density at radius 2 is 2.08 bits per heavy atom. The topological polar surface area (TPSA) is 101 Å². The van der Waals surface area contributed by atoms with E-state index in [0.717, 1.165) is 17.3 Å². The summed E-state index contributed by atoms with van der Waals surface area (Å²) in [4.78, 5) is 14.5. The molecule has 25 heavy (non-hydrogen) atoms. The number of nitrogens with zero attached hydrogens (tertiary/aromatic N) is 6. The molecule has 0 aliphatic heterocycles. The summed E-state index contributed by atoms with van der Waals surface area (Å²) >= 11 is 1.16. The smallest absolute Gasteiger partial charge is 0.396 e. The van der Waals surface area contributed by atoms with Gasteiger partial charge in [-0.05, 0) is 40.7 Å². The van der Waals surface area contributed by atoms with E-state index in [1.807, 2.05) is 35.8 Å². The van der Waals surface area contributed by atoms with Gasteiger partial charge in [-0.2, -0.15) is 0 Å². The van der Waals surface area contributed by atoms with Crippen LogP contribution in [0.25, 0.3) is 11.4 Å². The van der Waals surface area contributed by atoms with Crippen LogP contribution in [0, 0.1) is 10.1 Å². The summed E-state index contributed by atoms with van der Waals surface area (Å²) in [5.74, 6) is 1.14. The van der Waals surface area contributed by atoms with Crippen molar-refractivity contribution >= 4 is 17.6 Å². The maximum absolute atomic E-state index is 11.1. The van der Waals surface area contributed by atoms with Gasteiger partial charge in [0, 0.05) is 13.6 Å². The lowest BCUT2D eigenvalue weighted by Crippen LogP contribution is -2.02. The van der Waals surface area contributed by atoms with E-state index in [4.69, 9.17) is 4.74 Å². The lowest BCUT2D eigenvalue weighted by Gasteiger charge is -2.10. The maximum Gasteiger partial charge on any atom is 0.396 e. The minimum Gasteiger partial charge on any atom is -0.496 e. The molecule has 1 aromatic carbocycles. The zero-order chi connectivity index (χ0) is 18.0. The number of aryl methyl sites for hydroxylation is 1. The first-order valence-electron chi connectivity index (χ1n) is 7.47. The number of aromatic nitrogens is 5. The molecule has 0 aliphatic rings. The number of methoxy groups -OCH3 is 1.